The average Bonchev–Trinajstić information content (AvgIpc) is 2.89. The number of carboxylic acids is 1. The number of benzene rings is 2. The van der Waals surface area contributed by atoms with Gasteiger partial charge >= 0.3 is 11.9 Å². The van der Waals surface area contributed by atoms with Gasteiger partial charge < -0.3 is 19.6 Å². The number of aliphatic carboxylic acids is 1. The minimum atomic E-state index is -1.09. The Morgan fingerprint density at radius 1 is 1.11 bits per heavy atom. The van der Waals surface area contributed by atoms with Crippen LogP contribution >= 0.6 is 0 Å². The van der Waals surface area contributed by atoms with Gasteiger partial charge in [-0.3, -0.25) is 14.9 Å². The zero-order valence-electron chi connectivity index (χ0n) is 20.6. The van der Waals surface area contributed by atoms with E-state index in [0.717, 1.165) is 16.7 Å². The van der Waals surface area contributed by atoms with E-state index in [2.05, 4.69) is 10.2 Å². The summed E-state index contributed by atoms with van der Waals surface area (Å²) in [5.74, 6) is -2.12. The second kappa shape index (κ2) is 13.4. The number of esters is 1. The molecule has 0 spiro atoms. The van der Waals surface area contributed by atoms with Gasteiger partial charge in [0.05, 0.1) is 19.3 Å². The Kier molecular flexibility index (Phi) is 9.96. The number of rotatable bonds is 13. The molecule has 0 aromatic heterocycles. The van der Waals surface area contributed by atoms with Crippen LogP contribution in [0.15, 0.2) is 54.6 Å². The number of nitrogens with zero attached hydrogens (tertiary/aromatic N) is 2. The first kappa shape index (κ1) is 27.6. The van der Waals surface area contributed by atoms with Crippen LogP contribution in [0.5, 0.6) is 0 Å². The smallest absolute Gasteiger partial charge is 0.326 e. The molecule has 2 aromatic rings. The maximum Gasteiger partial charge on any atom is 0.326 e. The van der Waals surface area contributed by atoms with E-state index in [9.17, 15) is 29.6 Å². The molecule has 2 N–H and O–H groups in total. The van der Waals surface area contributed by atoms with Crippen molar-refractivity contribution in [2.45, 2.75) is 57.3 Å². The van der Waals surface area contributed by atoms with Crippen LogP contribution in [-0.4, -0.2) is 64.3 Å². The van der Waals surface area contributed by atoms with Crippen molar-refractivity contribution in [2.75, 3.05) is 13.2 Å². The van der Waals surface area contributed by atoms with Gasteiger partial charge in [-0.05, 0) is 36.5 Å². The summed E-state index contributed by atoms with van der Waals surface area (Å²) in [6, 6.07) is 14.2. The molecule has 1 amide bonds. The molecule has 198 valence electrons. The van der Waals surface area contributed by atoms with Crippen molar-refractivity contribution in [2.24, 2.45) is 0 Å². The van der Waals surface area contributed by atoms with E-state index in [4.69, 9.17) is 4.74 Å². The van der Waals surface area contributed by atoms with Crippen molar-refractivity contribution < 1.29 is 34.2 Å². The second-order valence-corrected chi connectivity index (χ2v) is 8.84. The van der Waals surface area contributed by atoms with Gasteiger partial charge in [-0.25, -0.2) is 4.79 Å². The predicted octanol–water partition coefficient (Wildman–Crippen LogP) is 2.15. The van der Waals surface area contributed by atoms with Crippen molar-refractivity contribution in [3.8, 4) is 0 Å². The SMILES string of the molecule is CC(NC(CCc1ccccc1)C(=O)OCCCO[N+](=O)[O-])C(=O)N1Cc2ccccc2CC1C(=O)O. The van der Waals surface area contributed by atoms with Crippen LogP contribution in [0.25, 0.3) is 0 Å². The summed E-state index contributed by atoms with van der Waals surface area (Å²) in [6.45, 7) is 1.47. The summed E-state index contributed by atoms with van der Waals surface area (Å²) in [6.07, 6.45) is 1.21. The van der Waals surface area contributed by atoms with Gasteiger partial charge in [-0.15, -0.1) is 10.1 Å². The van der Waals surface area contributed by atoms with Crippen LogP contribution in [-0.2, 0) is 43.3 Å². The first-order valence-electron chi connectivity index (χ1n) is 12.1. The number of fused-ring (bicyclic) bond motifs is 1. The standard InChI is InChI=1S/C26H31N3O8/c1-18(24(30)28-17-21-11-6-5-10-20(21)16-23(28)25(31)32)27-22(13-12-19-8-3-2-4-9-19)26(33)36-14-7-15-37-29(34)35/h2-6,8-11,18,22-23,27H,7,12-17H2,1H3,(H,31,32). The lowest BCUT2D eigenvalue weighted by Crippen LogP contribution is -2.56. The Hall–Kier alpha value is -3.99. The normalized spacial score (nSPS) is 16.2. The number of carbonyl (C=O) groups excluding carboxylic acids is 2. The van der Waals surface area contributed by atoms with Crippen LogP contribution in [0.1, 0.15) is 36.5 Å². The summed E-state index contributed by atoms with van der Waals surface area (Å²) in [5, 5.41) is 22.2. The highest BCUT2D eigenvalue weighted by Gasteiger charge is 2.37. The van der Waals surface area contributed by atoms with E-state index in [-0.39, 0.29) is 32.6 Å². The minimum absolute atomic E-state index is 0.0808. The summed E-state index contributed by atoms with van der Waals surface area (Å²) in [4.78, 5) is 54.0. The topological polar surface area (TPSA) is 148 Å². The second-order valence-electron chi connectivity index (χ2n) is 8.84. The maximum atomic E-state index is 13.4. The lowest BCUT2D eigenvalue weighted by molar-refractivity contribution is -0.757. The van der Waals surface area contributed by atoms with Crippen LogP contribution in [0, 0.1) is 10.1 Å². The largest absolute Gasteiger partial charge is 0.480 e. The highest BCUT2D eigenvalue weighted by atomic mass is 16.9. The van der Waals surface area contributed by atoms with Gasteiger partial charge in [0.15, 0.2) is 0 Å². The Balaban J connectivity index is 1.67. The molecule has 1 heterocycles. The van der Waals surface area contributed by atoms with Gasteiger partial charge in [0, 0.05) is 19.4 Å². The van der Waals surface area contributed by atoms with E-state index < -0.39 is 41.1 Å². The molecule has 3 atom stereocenters. The zero-order chi connectivity index (χ0) is 26.8. The molecule has 3 unspecified atom stereocenters. The van der Waals surface area contributed by atoms with Crippen LogP contribution in [0.3, 0.4) is 0 Å². The lowest BCUT2D eigenvalue weighted by Gasteiger charge is -2.36. The molecule has 0 radical (unpaired) electrons. The van der Waals surface area contributed by atoms with Gasteiger partial charge in [0.1, 0.15) is 12.1 Å². The van der Waals surface area contributed by atoms with Crippen molar-refractivity contribution in [3.05, 3.63) is 81.4 Å². The molecule has 1 aliphatic rings. The number of amides is 1. The first-order valence-corrected chi connectivity index (χ1v) is 12.1. The fraction of sp³-hybridized carbons (Fsp3) is 0.423. The number of hydrogen-bond donors (Lipinski definition) is 2. The fourth-order valence-corrected chi connectivity index (χ4v) is 4.29. The molecule has 37 heavy (non-hydrogen) atoms. The number of nitrogens with one attached hydrogen (secondary N) is 1. The fourth-order valence-electron chi connectivity index (χ4n) is 4.29. The van der Waals surface area contributed by atoms with E-state index in [0.29, 0.717) is 12.8 Å². The van der Waals surface area contributed by atoms with Crippen molar-refractivity contribution >= 4 is 17.8 Å². The third-order valence-electron chi connectivity index (χ3n) is 6.22. The molecular formula is C26H31N3O8. The van der Waals surface area contributed by atoms with Gasteiger partial charge in [0.2, 0.25) is 5.91 Å². The molecular weight excluding hydrogens is 482 g/mol. The van der Waals surface area contributed by atoms with E-state index in [1.807, 2.05) is 54.6 Å². The first-order chi connectivity index (χ1) is 17.8. The van der Waals surface area contributed by atoms with E-state index in [1.54, 1.807) is 6.92 Å². The molecule has 3 rings (SSSR count). The molecule has 11 heteroatoms. The average molecular weight is 514 g/mol. The predicted molar refractivity (Wildman–Crippen MR) is 132 cm³/mol. The molecule has 2 aromatic carbocycles. The summed E-state index contributed by atoms with van der Waals surface area (Å²) in [5.41, 5.74) is 2.78. The lowest BCUT2D eigenvalue weighted by atomic mass is 9.93. The monoisotopic (exact) mass is 513 g/mol. The molecule has 1 aliphatic heterocycles. The Morgan fingerprint density at radius 3 is 2.46 bits per heavy atom. The molecule has 11 nitrogen and oxygen atoms in total. The van der Waals surface area contributed by atoms with Crippen molar-refractivity contribution in [1.29, 1.82) is 0 Å². The summed E-state index contributed by atoms with van der Waals surface area (Å²) < 4.78 is 5.28. The van der Waals surface area contributed by atoms with Crippen molar-refractivity contribution in [1.82, 2.24) is 10.2 Å². The third kappa shape index (κ3) is 8.01. The summed E-state index contributed by atoms with van der Waals surface area (Å²) in [7, 11) is 0. The Morgan fingerprint density at radius 2 is 1.78 bits per heavy atom. The van der Waals surface area contributed by atoms with Gasteiger partial charge in [0.25, 0.3) is 5.09 Å². The number of ether oxygens (including phenoxy) is 1. The number of carbonyl (C=O) groups is 3. The van der Waals surface area contributed by atoms with Crippen LogP contribution in [0.4, 0.5) is 0 Å². The molecule has 0 saturated carbocycles. The van der Waals surface area contributed by atoms with Crippen LogP contribution in [0.2, 0.25) is 0 Å². The minimum Gasteiger partial charge on any atom is -0.480 e. The Labute approximate surface area is 214 Å². The quantitative estimate of drug-likeness (QED) is 0.178. The number of carboxylic acid groups (broad SMARTS) is 1. The van der Waals surface area contributed by atoms with Gasteiger partial charge in [-0.1, -0.05) is 54.6 Å². The molecule has 0 saturated heterocycles. The molecule has 0 bridgehead atoms. The number of hydrogen-bond acceptors (Lipinski definition) is 8. The zero-order valence-corrected chi connectivity index (χ0v) is 20.6. The number of aryl methyl sites for hydroxylation is 1. The Bertz CT molecular complexity index is 1090. The molecule has 0 fully saturated rings. The highest BCUT2D eigenvalue weighted by molar-refractivity contribution is 5.88. The van der Waals surface area contributed by atoms with E-state index in [1.165, 1.54) is 4.90 Å². The van der Waals surface area contributed by atoms with Gasteiger partial charge in [-0.2, -0.15) is 0 Å². The molecule has 0 aliphatic carbocycles. The third-order valence-corrected chi connectivity index (χ3v) is 6.22. The summed E-state index contributed by atoms with van der Waals surface area (Å²) >= 11 is 0. The van der Waals surface area contributed by atoms with Crippen LogP contribution < -0.4 is 5.32 Å². The van der Waals surface area contributed by atoms with Crippen molar-refractivity contribution in [3.63, 3.8) is 0 Å². The highest BCUT2D eigenvalue weighted by Crippen LogP contribution is 2.24. The maximum absolute atomic E-state index is 13.4. The van der Waals surface area contributed by atoms with E-state index >= 15 is 0 Å².